The summed E-state index contributed by atoms with van der Waals surface area (Å²) in [7, 11) is 1.73. The molecule has 0 amide bonds. The van der Waals surface area contributed by atoms with Crippen molar-refractivity contribution in [2.45, 2.75) is 84.0 Å². The molecule has 1 saturated carbocycles. The summed E-state index contributed by atoms with van der Waals surface area (Å²) in [6.07, 6.45) is 6.17. The Morgan fingerprint density at radius 3 is 2.38 bits per heavy atom. The van der Waals surface area contributed by atoms with E-state index in [0.717, 1.165) is 37.3 Å². The van der Waals surface area contributed by atoms with Gasteiger partial charge in [0.1, 0.15) is 0 Å². The van der Waals surface area contributed by atoms with Crippen molar-refractivity contribution in [2.24, 2.45) is 0 Å². The number of rotatable bonds is 7. The van der Waals surface area contributed by atoms with E-state index in [1.54, 1.807) is 7.11 Å². The van der Waals surface area contributed by atoms with Crippen LogP contribution in [0.4, 0.5) is 5.69 Å². The minimum Gasteiger partial charge on any atom is -0.493 e. The number of anilines is 1. The molecule has 0 spiro atoms. The molecule has 0 aromatic heterocycles. The lowest BCUT2D eigenvalue weighted by Gasteiger charge is -2.37. The number of nitrogens with zero attached hydrogens (tertiary/aromatic N) is 1. The molecule has 1 aliphatic heterocycles. The van der Waals surface area contributed by atoms with Crippen LogP contribution < -0.4 is 20.2 Å². The van der Waals surface area contributed by atoms with E-state index in [4.69, 9.17) is 9.47 Å². The first kappa shape index (κ1) is 19.3. The minimum atomic E-state index is 0.339. The normalized spacial score (nSPS) is 20.5. The monoisotopic (exact) mass is 361 g/mol. The molecule has 1 heterocycles. The fourth-order valence-electron chi connectivity index (χ4n) is 4.14. The summed E-state index contributed by atoms with van der Waals surface area (Å²) < 4.78 is 11.9. The summed E-state index contributed by atoms with van der Waals surface area (Å²) in [4.78, 5) is 0. The van der Waals surface area contributed by atoms with Crippen molar-refractivity contribution in [1.29, 1.82) is 0 Å². The molecule has 1 aromatic rings. The van der Waals surface area contributed by atoms with Crippen molar-refractivity contribution in [2.75, 3.05) is 19.0 Å². The number of benzene rings is 1. The molecule has 0 bridgehead atoms. The molecule has 0 radical (unpaired) electrons. The number of hydrogen-bond donors (Lipinski definition) is 2. The number of fused-ring (bicyclic) bond motifs is 1. The van der Waals surface area contributed by atoms with Gasteiger partial charge >= 0.3 is 0 Å². The zero-order valence-electron chi connectivity index (χ0n) is 17.0. The molecule has 5 heteroatoms. The molecule has 5 nitrogen and oxygen atoms in total. The van der Waals surface area contributed by atoms with Gasteiger partial charge in [-0.25, -0.2) is 10.4 Å². The summed E-state index contributed by atoms with van der Waals surface area (Å²) in [5.41, 5.74) is 6.17. The maximum atomic E-state index is 6.23. The minimum absolute atomic E-state index is 0.339. The largest absolute Gasteiger partial charge is 0.493 e. The standard InChI is InChI=1S/C21H35N3O2/c1-14(2)24(15(3)4)23-17-10-16-11-20(25-5)21(12-19(16)22-13-17)26-18-8-6-7-9-18/h11-12,14-15,17-18,22-23H,6-10,13H2,1-5H3. The van der Waals surface area contributed by atoms with E-state index in [1.807, 2.05) is 0 Å². The Morgan fingerprint density at radius 1 is 1.08 bits per heavy atom. The summed E-state index contributed by atoms with van der Waals surface area (Å²) in [5, 5.41) is 5.93. The molecule has 1 aromatic carbocycles. The third kappa shape index (κ3) is 4.44. The smallest absolute Gasteiger partial charge is 0.163 e. The molecule has 2 N–H and O–H groups in total. The van der Waals surface area contributed by atoms with Crippen molar-refractivity contribution in [3.05, 3.63) is 17.7 Å². The van der Waals surface area contributed by atoms with Gasteiger partial charge in [0.15, 0.2) is 11.5 Å². The predicted octanol–water partition coefficient (Wildman–Crippen LogP) is 3.98. The van der Waals surface area contributed by atoms with Gasteiger partial charge in [-0.2, -0.15) is 0 Å². The van der Waals surface area contributed by atoms with Crippen molar-refractivity contribution < 1.29 is 9.47 Å². The van der Waals surface area contributed by atoms with Crippen LogP contribution in [0.2, 0.25) is 0 Å². The number of hydrogen-bond acceptors (Lipinski definition) is 5. The van der Waals surface area contributed by atoms with Crippen LogP contribution in [0.15, 0.2) is 12.1 Å². The maximum absolute atomic E-state index is 6.23. The first-order valence-corrected chi connectivity index (χ1v) is 10.1. The average Bonchev–Trinajstić information content (AvgIpc) is 3.11. The van der Waals surface area contributed by atoms with Gasteiger partial charge < -0.3 is 14.8 Å². The average molecular weight is 362 g/mol. The molecule has 3 rings (SSSR count). The Kier molecular flexibility index (Phi) is 6.30. The molecule has 1 atom stereocenters. The highest BCUT2D eigenvalue weighted by Crippen LogP contribution is 2.38. The maximum Gasteiger partial charge on any atom is 0.163 e. The Bertz CT molecular complexity index is 589. The molecular weight excluding hydrogens is 326 g/mol. The molecule has 146 valence electrons. The summed E-state index contributed by atoms with van der Waals surface area (Å²) >= 11 is 0. The second kappa shape index (κ2) is 8.49. The lowest BCUT2D eigenvalue weighted by molar-refractivity contribution is 0.0821. The van der Waals surface area contributed by atoms with Crippen LogP contribution in [0.25, 0.3) is 0 Å². The van der Waals surface area contributed by atoms with Gasteiger partial charge in [-0.05, 0) is 71.4 Å². The third-order valence-corrected chi connectivity index (χ3v) is 5.43. The van der Waals surface area contributed by atoms with Gasteiger partial charge in [0, 0.05) is 36.4 Å². The molecule has 26 heavy (non-hydrogen) atoms. The molecule has 1 unspecified atom stereocenters. The second-order valence-corrected chi connectivity index (χ2v) is 8.19. The van der Waals surface area contributed by atoms with Crippen LogP contribution in [0.1, 0.15) is 58.9 Å². The van der Waals surface area contributed by atoms with Gasteiger partial charge in [-0.15, -0.1) is 0 Å². The predicted molar refractivity (Wildman–Crippen MR) is 107 cm³/mol. The van der Waals surface area contributed by atoms with E-state index >= 15 is 0 Å². The van der Waals surface area contributed by atoms with Crippen molar-refractivity contribution in [3.63, 3.8) is 0 Å². The second-order valence-electron chi connectivity index (χ2n) is 8.19. The van der Waals surface area contributed by atoms with Gasteiger partial charge in [-0.1, -0.05) is 0 Å². The Hall–Kier alpha value is -1.46. The Morgan fingerprint density at radius 2 is 1.77 bits per heavy atom. The van der Waals surface area contributed by atoms with Crippen LogP contribution in [0.5, 0.6) is 11.5 Å². The number of methoxy groups -OCH3 is 1. The van der Waals surface area contributed by atoms with Crippen LogP contribution in [0, 0.1) is 0 Å². The molecule has 1 fully saturated rings. The van der Waals surface area contributed by atoms with Gasteiger partial charge in [0.2, 0.25) is 0 Å². The lowest BCUT2D eigenvalue weighted by atomic mass is 9.99. The van der Waals surface area contributed by atoms with Crippen molar-refractivity contribution in [3.8, 4) is 11.5 Å². The third-order valence-electron chi connectivity index (χ3n) is 5.43. The highest BCUT2D eigenvalue weighted by atomic mass is 16.5. The highest BCUT2D eigenvalue weighted by molar-refractivity contribution is 5.62. The van der Waals surface area contributed by atoms with Gasteiger partial charge in [0.25, 0.3) is 0 Å². The van der Waals surface area contributed by atoms with E-state index in [2.05, 4.69) is 55.6 Å². The first-order valence-electron chi connectivity index (χ1n) is 10.1. The van der Waals surface area contributed by atoms with E-state index in [-0.39, 0.29) is 0 Å². The molecule has 1 aliphatic carbocycles. The SMILES string of the molecule is COc1cc2c(cc1OC1CCCC1)NCC(NN(C(C)C)C(C)C)C2. The number of ether oxygens (including phenoxy) is 2. The number of hydrazine groups is 1. The Balaban J connectivity index is 1.72. The van der Waals surface area contributed by atoms with Crippen molar-refractivity contribution >= 4 is 5.69 Å². The molecular formula is C21H35N3O2. The summed E-state index contributed by atoms with van der Waals surface area (Å²) in [6.45, 7) is 9.83. The fraction of sp³-hybridized carbons (Fsp3) is 0.714. The zero-order valence-corrected chi connectivity index (χ0v) is 17.0. The summed E-state index contributed by atoms with van der Waals surface area (Å²) in [6, 6.07) is 5.58. The molecule has 0 saturated heterocycles. The number of nitrogens with one attached hydrogen (secondary N) is 2. The lowest BCUT2D eigenvalue weighted by Crippen LogP contribution is -2.55. The molecule has 2 aliphatic rings. The van der Waals surface area contributed by atoms with Gasteiger partial charge in [0.05, 0.1) is 13.2 Å². The van der Waals surface area contributed by atoms with Crippen LogP contribution >= 0.6 is 0 Å². The first-order chi connectivity index (χ1) is 12.5. The Labute approximate surface area is 158 Å². The van der Waals surface area contributed by atoms with Crippen LogP contribution in [0.3, 0.4) is 0 Å². The van der Waals surface area contributed by atoms with E-state index in [0.29, 0.717) is 24.2 Å². The highest BCUT2D eigenvalue weighted by Gasteiger charge is 2.25. The zero-order chi connectivity index (χ0) is 18.7. The van der Waals surface area contributed by atoms with Gasteiger partial charge in [-0.3, -0.25) is 0 Å². The topological polar surface area (TPSA) is 45.8 Å². The summed E-state index contributed by atoms with van der Waals surface area (Å²) in [5.74, 6) is 1.73. The van der Waals surface area contributed by atoms with Crippen LogP contribution in [-0.2, 0) is 6.42 Å². The van der Waals surface area contributed by atoms with E-state index in [9.17, 15) is 0 Å². The van der Waals surface area contributed by atoms with Crippen LogP contribution in [-0.4, -0.2) is 42.9 Å². The van der Waals surface area contributed by atoms with E-state index < -0.39 is 0 Å². The quantitative estimate of drug-likeness (QED) is 0.720. The van der Waals surface area contributed by atoms with E-state index in [1.165, 1.54) is 24.1 Å². The van der Waals surface area contributed by atoms with Crippen molar-refractivity contribution in [1.82, 2.24) is 10.4 Å². The fourth-order valence-corrected chi connectivity index (χ4v) is 4.14.